The number of fused-ring (bicyclic) bond motifs is 1. The number of ether oxygens (including phenoxy) is 1. The molecule has 0 saturated heterocycles. The first kappa shape index (κ1) is 16.5. The molecule has 1 aromatic rings. The Bertz CT molecular complexity index is 504. The third-order valence-electron chi connectivity index (χ3n) is 4.45. The van der Waals surface area contributed by atoms with Crippen LogP contribution in [0.15, 0.2) is 18.2 Å². The van der Waals surface area contributed by atoms with Crippen LogP contribution in [0.25, 0.3) is 0 Å². The molecule has 4 unspecified atom stereocenters. The molecular formula is C17H27NO2S. The Labute approximate surface area is 130 Å². The molecule has 0 bridgehead atoms. The van der Waals surface area contributed by atoms with Gasteiger partial charge in [-0.1, -0.05) is 26.8 Å². The van der Waals surface area contributed by atoms with E-state index in [0.29, 0.717) is 0 Å². The Morgan fingerprint density at radius 3 is 2.81 bits per heavy atom. The highest BCUT2D eigenvalue weighted by molar-refractivity contribution is 7.86. The first-order valence-corrected chi connectivity index (χ1v) is 9.19. The number of nitrogens with one attached hydrogen (secondary N) is 1. The summed E-state index contributed by atoms with van der Waals surface area (Å²) in [7, 11) is 0.911. The molecule has 3 nitrogen and oxygen atoms in total. The molecule has 0 saturated carbocycles. The second-order valence-corrected chi connectivity index (χ2v) is 7.79. The van der Waals surface area contributed by atoms with Crippen molar-refractivity contribution in [1.29, 1.82) is 0 Å². The van der Waals surface area contributed by atoms with Gasteiger partial charge in [0.25, 0.3) is 0 Å². The fraction of sp³-hybridized carbons (Fsp3) is 0.647. The normalized spacial score (nSPS) is 24.2. The van der Waals surface area contributed by atoms with Crippen LogP contribution in [0.2, 0.25) is 0 Å². The van der Waals surface area contributed by atoms with E-state index in [0.717, 1.165) is 31.6 Å². The van der Waals surface area contributed by atoms with E-state index in [1.54, 1.807) is 7.11 Å². The molecule has 1 aliphatic rings. The Kier molecular flexibility index (Phi) is 5.82. The highest BCUT2D eigenvalue weighted by Crippen LogP contribution is 2.36. The molecule has 21 heavy (non-hydrogen) atoms. The summed E-state index contributed by atoms with van der Waals surface area (Å²) < 4.78 is 18.1. The van der Waals surface area contributed by atoms with Crippen molar-refractivity contribution in [2.75, 3.05) is 13.7 Å². The molecular weight excluding hydrogens is 282 g/mol. The summed E-state index contributed by atoms with van der Waals surface area (Å²) in [6, 6.07) is 6.47. The summed E-state index contributed by atoms with van der Waals surface area (Å²) in [5.41, 5.74) is 2.63. The van der Waals surface area contributed by atoms with Crippen LogP contribution in [0.3, 0.4) is 0 Å². The van der Waals surface area contributed by atoms with Crippen LogP contribution in [0, 0.1) is 0 Å². The SMILES string of the molecule is CCNC1c2ccc(OC)cc2CCC1S(=O)C(C)CC. The molecule has 4 atom stereocenters. The predicted octanol–water partition coefficient (Wildman–Crippen LogP) is 3.21. The van der Waals surface area contributed by atoms with Crippen LogP contribution in [0.4, 0.5) is 0 Å². The van der Waals surface area contributed by atoms with Crippen LogP contribution in [0.1, 0.15) is 50.8 Å². The second-order valence-electron chi connectivity index (χ2n) is 5.72. The number of aryl methyl sites for hydroxylation is 1. The lowest BCUT2D eigenvalue weighted by molar-refractivity contribution is 0.411. The zero-order valence-corrected chi connectivity index (χ0v) is 14.3. The van der Waals surface area contributed by atoms with Crippen molar-refractivity contribution in [2.45, 2.75) is 56.6 Å². The van der Waals surface area contributed by atoms with E-state index in [9.17, 15) is 4.21 Å². The largest absolute Gasteiger partial charge is 0.497 e. The van der Waals surface area contributed by atoms with Gasteiger partial charge in [-0.3, -0.25) is 4.21 Å². The number of rotatable bonds is 6. The Morgan fingerprint density at radius 1 is 1.43 bits per heavy atom. The van der Waals surface area contributed by atoms with Crippen molar-refractivity contribution < 1.29 is 8.95 Å². The molecule has 0 aliphatic heterocycles. The third kappa shape index (κ3) is 3.49. The third-order valence-corrected chi connectivity index (χ3v) is 6.68. The van der Waals surface area contributed by atoms with E-state index >= 15 is 0 Å². The van der Waals surface area contributed by atoms with Crippen molar-refractivity contribution in [3.63, 3.8) is 0 Å². The van der Waals surface area contributed by atoms with Crippen LogP contribution in [0.5, 0.6) is 5.75 Å². The zero-order valence-electron chi connectivity index (χ0n) is 13.5. The lowest BCUT2D eigenvalue weighted by atomic mass is 9.87. The number of methoxy groups -OCH3 is 1. The van der Waals surface area contributed by atoms with Gasteiger partial charge in [0, 0.05) is 22.1 Å². The first-order valence-electron chi connectivity index (χ1n) is 7.91. The van der Waals surface area contributed by atoms with E-state index in [1.807, 2.05) is 6.07 Å². The number of benzene rings is 1. The average Bonchev–Trinajstić information content (AvgIpc) is 2.53. The number of hydrogen-bond donors (Lipinski definition) is 1. The Morgan fingerprint density at radius 2 is 2.19 bits per heavy atom. The van der Waals surface area contributed by atoms with Gasteiger partial charge >= 0.3 is 0 Å². The highest BCUT2D eigenvalue weighted by Gasteiger charge is 2.34. The van der Waals surface area contributed by atoms with Gasteiger partial charge < -0.3 is 10.1 Å². The van der Waals surface area contributed by atoms with E-state index in [2.05, 4.69) is 38.2 Å². The molecule has 0 radical (unpaired) electrons. The Balaban J connectivity index is 2.32. The standard InChI is InChI=1S/C17H27NO2S/c1-5-12(3)21(19)16-10-7-13-11-14(20-4)8-9-15(13)17(16)18-6-2/h8-9,11-12,16-18H,5-7,10H2,1-4H3. The summed E-state index contributed by atoms with van der Waals surface area (Å²) in [4.78, 5) is 0. The maximum Gasteiger partial charge on any atom is 0.119 e. The minimum absolute atomic E-state index is 0.194. The summed E-state index contributed by atoms with van der Waals surface area (Å²) in [5.74, 6) is 0.908. The van der Waals surface area contributed by atoms with E-state index in [4.69, 9.17) is 4.74 Å². The van der Waals surface area contributed by atoms with Gasteiger partial charge in [-0.2, -0.15) is 0 Å². The van der Waals surface area contributed by atoms with E-state index in [-0.39, 0.29) is 16.5 Å². The smallest absolute Gasteiger partial charge is 0.119 e. The summed E-state index contributed by atoms with van der Waals surface area (Å²) in [5, 5.41) is 4.02. The molecule has 2 rings (SSSR count). The van der Waals surface area contributed by atoms with Crippen molar-refractivity contribution >= 4 is 10.8 Å². The van der Waals surface area contributed by atoms with Gasteiger partial charge in [-0.15, -0.1) is 0 Å². The summed E-state index contributed by atoms with van der Waals surface area (Å²) in [6.07, 6.45) is 2.94. The van der Waals surface area contributed by atoms with Gasteiger partial charge in [0.15, 0.2) is 0 Å². The molecule has 0 spiro atoms. The highest BCUT2D eigenvalue weighted by atomic mass is 32.2. The van der Waals surface area contributed by atoms with Crippen LogP contribution >= 0.6 is 0 Å². The molecule has 0 amide bonds. The van der Waals surface area contributed by atoms with Gasteiger partial charge in [0.1, 0.15) is 5.75 Å². The fourth-order valence-electron chi connectivity index (χ4n) is 3.07. The second kappa shape index (κ2) is 7.41. The van der Waals surface area contributed by atoms with Crippen molar-refractivity contribution in [3.05, 3.63) is 29.3 Å². The molecule has 1 aliphatic carbocycles. The van der Waals surface area contributed by atoms with Crippen LogP contribution in [-0.2, 0) is 17.2 Å². The predicted molar refractivity (Wildman–Crippen MR) is 89.4 cm³/mol. The van der Waals surface area contributed by atoms with Gasteiger partial charge in [0.2, 0.25) is 0 Å². The quantitative estimate of drug-likeness (QED) is 0.877. The van der Waals surface area contributed by atoms with E-state index in [1.165, 1.54) is 11.1 Å². The van der Waals surface area contributed by atoms with Crippen molar-refractivity contribution in [1.82, 2.24) is 5.32 Å². The van der Waals surface area contributed by atoms with Gasteiger partial charge in [-0.05, 0) is 49.1 Å². The zero-order chi connectivity index (χ0) is 15.4. The molecule has 0 heterocycles. The topological polar surface area (TPSA) is 38.3 Å². The van der Waals surface area contributed by atoms with Gasteiger partial charge in [0.05, 0.1) is 12.4 Å². The minimum atomic E-state index is -0.791. The maximum atomic E-state index is 12.8. The molecule has 1 aromatic carbocycles. The average molecular weight is 309 g/mol. The first-order chi connectivity index (χ1) is 10.1. The monoisotopic (exact) mass is 309 g/mol. The Hall–Kier alpha value is -0.870. The lowest BCUT2D eigenvalue weighted by Gasteiger charge is -2.35. The molecule has 4 heteroatoms. The number of hydrogen-bond acceptors (Lipinski definition) is 3. The maximum absolute atomic E-state index is 12.8. The lowest BCUT2D eigenvalue weighted by Crippen LogP contribution is -2.40. The van der Waals surface area contributed by atoms with Crippen LogP contribution < -0.4 is 10.1 Å². The van der Waals surface area contributed by atoms with Crippen molar-refractivity contribution in [3.8, 4) is 5.75 Å². The van der Waals surface area contributed by atoms with Gasteiger partial charge in [-0.25, -0.2) is 0 Å². The van der Waals surface area contributed by atoms with E-state index < -0.39 is 10.8 Å². The minimum Gasteiger partial charge on any atom is -0.497 e. The molecule has 0 aromatic heterocycles. The summed E-state index contributed by atoms with van der Waals surface area (Å²) >= 11 is 0. The van der Waals surface area contributed by atoms with Crippen molar-refractivity contribution in [2.24, 2.45) is 0 Å². The molecule has 1 N–H and O–H groups in total. The fourth-order valence-corrected chi connectivity index (χ4v) is 4.85. The van der Waals surface area contributed by atoms with Crippen LogP contribution in [-0.4, -0.2) is 28.4 Å². The summed E-state index contributed by atoms with van der Waals surface area (Å²) in [6.45, 7) is 7.22. The molecule has 118 valence electrons. The molecule has 0 fully saturated rings.